The van der Waals surface area contributed by atoms with Crippen molar-refractivity contribution in [2.45, 2.75) is 51.4 Å². The smallest absolute Gasteiger partial charge is 0.343 e. The highest BCUT2D eigenvalue weighted by molar-refractivity contribution is 6.01. The first-order chi connectivity index (χ1) is 26.3. The van der Waals surface area contributed by atoms with Gasteiger partial charge in [-0.3, -0.25) is 0 Å². The van der Waals surface area contributed by atoms with Crippen molar-refractivity contribution in [3.8, 4) is 23.0 Å². The van der Waals surface area contributed by atoms with Gasteiger partial charge in [0.15, 0.2) is 5.69 Å². The van der Waals surface area contributed by atoms with Gasteiger partial charge < -0.3 is 28.4 Å². The minimum Gasteiger partial charge on any atom is -0.494 e. The zero-order valence-corrected chi connectivity index (χ0v) is 30.1. The summed E-state index contributed by atoms with van der Waals surface area (Å²) in [6, 6.07) is 21.1. The molecule has 0 aliphatic heterocycles. The third-order valence-corrected chi connectivity index (χ3v) is 8.07. The van der Waals surface area contributed by atoms with Crippen LogP contribution in [-0.2, 0) is 19.1 Å². The Balaban J connectivity index is 1.28. The predicted molar refractivity (Wildman–Crippen MR) is 203 cm³/mol. The Morgan fingerprint density at radius 3 is 1.39 bits per heavy atom. The normalized spacial score (nSPS) is 10.4. The van der Waals surface area contributed by atoms with Gasteiger partial charge in [-0.15, -0.1) is 0 Å². The second-order valence-corrected chi connectivity index (χ2v) is 12.0. The van der Waals surface area contributed by atoms with E-state index in [4.69, 9.17) is 35.0 Å². The molecular formula is C43H43NO10. The molecule has 0 aromatic heterocycles. The van der Waals surface area contributed by atoms with Crippen LogP contribution in [0.25, 0.3) is 15.6 Å². The van der Waals surface area contributed by atoms with Gasteiger partial charge in [-0.2, -0.15) is 0 Å². The van der Waals surface area contributed by atoms with Crippen molar-refractivity contribution < 1.29 is 47.6 Å². The van der Waals surface area contributed by atoms with Gasteiger partial charge in [-0.05, 0) is 118 Å². The van der Waals surface area contributed by atoms with Crippen LogP contribution in [0.15, 0.2) is 104 Å². The van der Waals surface area contributed by atoms with Crippen LogP contribution in [0.2, 0.25) is 0 Å². The maximum Gasteiger partial charge on any atom is 0.343 e. The monoisotopic (exact) mass is 733 g/mol. The minimum atomic E-state index is -0.605. The van der Waals surface area contributed by atoms with Crippen LogP contribution in [-0.4, -0.2) is 50.3 Å². The summed E-state index contributed by atoms with van der Waals surface area (Å²) in [6.45, 7) is 16.0. The topological polar surface area (TPSA) is 128 Å². The summed E-state index contributed by atoms with van der Waals surface area (Å²) in [4.78, 5) is 51.9. The van der Waals surface area contributed by atoms with Crippen molar-refractivity contribution in [3.05, 3.63) is 127 Å². The van der Waals surface area contributed by atoms with Gasteiger partial charge in [-0.25, -0.2) is 24.0 Å². The number of rotatable bonds is 22. The van der Waals surface area contributed by atoms with E-state index in [1.54, 1.807) is 72.8 Å². The van der Waals surface area contributed by atoms with Crippen LogP contribution in [0.3, 0.4) is 0 Å². The van der Waals surface area contributed by atoms with Crippen LogP contribution < -0.4 is 18.9 Å². The Morgan fingerprint density at radius 2 is 0.963 bits per heavy atom. The molecule has 0 fully saturated rings. The molecule has 4 aromatic rings. The van der Waals surface area contributed by atoms with Crippen molar-refractivity contribution >= 4 is 40.3 Å². The van der Waals surface area contributed by atoms with Crippen molar-refractivity contribution in [2.75, 3.05) is 26.4 Å². The molecule has 54 heavy (non-hydrogen) atoms. The number of esters is 4. The highest BCUT2D eigenvalue weighted by atomic mass is 16.5. The number of carbonyl (C=O) groups excluding carboxylic acids is 4. The number of fused-ring (bicyclic) bond motifs is 1. The van der Waals surface area contributed by atoms with Gasteiger partial charge >= 0.3 is 23.9 Å². The summed E-state index contributed by atoms with van der Waals surface area (Å²) in [7, 11) is 0. The summed E-state index contributed by atoms with van der Waals surface area (Å²) in [6.07, 6.45) is 9.15. The molecule has 11 heteroatoms. The van der Waals surface area contributed by atoms with E-state index in [2.05, 4.69) is 18.0 Å². The first-order valence-electron chi connectivity index (χ1n) is 17.7. The molecule has 0 saturated heterocycles. The number of ether oxygens (including phenoxy) is 6. The molecule has 0 unspecified atom stereocenters. The molecule has 0 aliphatic carbocycles. The molecule has 11 nitrogen and oxygen atoms in total. The third kappa shape index (κ3) is 13.0. The number of hydrogen-bond donors (Lipinski definition) is 0. The Labute approximate surface area is 314 Å². The molecular weight excluding hydrogens is 690 g/mol. The standard InChI is InChI=1S/C43H43NO10/c1-4-40(45)51-28-12-8-6-10-26-49-34-19-14-31(15-20-34)42(47)53-38-24-25-39(37-30-33(44-3)18-23-36(37)38)54-43(48)32-16-21-35(22-17-32)50-27-11-7-9-13-29-52-41(46)5-2/h4-5,14-25,30H,1-2,6-13,26-29H2. The minimum absolute atomic E-state index is 0.206. The van der Waals surface area contributed by atoms with E-state index >= 15 is 0 Å². The van der Waals surface area contributed by atoms with Crippen LogP contribution >= 0.6 is 0 Å². The van der Waals surface area contributed by atoms with Gasteiger partial charge in [0.05, 0.1) is 44.1 Å². The molecule has 4 rings (SSSR count). The Morgan fingerprint density at radius 1 is 0.537 bits per heavy atom. The van der Waals surface area contributed by atoms with Crippen LogP contribution in [0.4, 0.5) is 5.69 Å². The number of benzene rings is 4. The molecule has 0 aliphatic rings. The van der Waals surface area contributed by atoms with E-state index in [0.717, 1.165) is 63.5 Å². The number of carbonyl (C=O) groups is 4. The van der Waals surface area contributed by atoms with Gasteiger partial charge in [0.1, 0.15) is 23.0 Å². The second-order valence-electron chi connectivity index (χ2n) is 12.0. The Kier molecular flexibility index (Phi) is 16.3. The SMILES string of the molecule is [C-]#[N+]c1ccc2c(OC(=O)c3ccc(OCCCCCCOC(=O)C=C)cc3)ccc(OC(=O)c3ccc(OCCCCCCOC(=O)C=C)cc3)c2c1. The third-order valence-electron chi connectivity index (χ3n) is 8.07. The summed E-state index contributed by atoms with van der Waals surface area (Å²) < 4.78 is 33.0. The molecule has 0 spiro atoms. The zero-order valence-electron chi connectivity index (χ0n) is 30.1. The van der Waals surface area contributed by atoms with Crippen LogP contribution in [0, 0.1) is 6.57 Å². The molecule has 0 bridgehead atoms. The second kappa shape index (κ2) is 21.8. The molecule has 4 aromatic carbocycles. The maximum atomic E-state index is 13.1. The summed E-state index contributed by atoms with van der Waals surface area (Å²) in [5.41, 5.74) is 0.942. The summed E-state index contributed by atoms with van der Waals surface area (Å²) in [5, 5.41) is 0.920. The lowest BCUT2D eigenvalue weighted by Gasteiger charge is -2.13. The molecule has 280 valence electrons. The fourth-order valence-corrected chi connectivity index (χ4v) is 5.18. The van der Waals surface area contributed by atoms with Crippen molar-refractivity contribution in [2.24, 2.45) is 0 Å². The fraction of sp³-hybridized carbons (Fsp3) is 0.279. The predicted octanol–water partition coefficient (Wildman–Crippen LogP) is 9.17. The van der Waals surface area contributed by atoms with Gasteiger partial charge in [0.2, 0.25) is 0 Å². The maximum absolute atomic E-state index is 13.1. The van der Waals surface area contributed by atoms with Gasteiger partial charge in [0, 0.05) is 22.9 Å². The quantitative estimate of drug-likeness (QED) is 0.0254. The van der Waals surface area contributed by atoms with Gasteiger partial charge in [-0.1, -0.05) is 25.3 Å². The first-order valence-corrected chi connectivity index (χ1v) is 17.7. The molecule has 0 amide bonds. The van der Waals surface area contributed by atoms with E-state index in [-0.39, 0.29) is 11.5 Å². The van der Waals surface area contributed by atoms with Crippen LogP contribution in [0.1, 0.15) is 72.1 Å². The number of unbranched alkanes of at least 4 members (excludes halogenated alkanes) is 6. The van der Waals surface area contributed by atoms with Crippen molar-refractivity contribution in [1.29, 1.82) is 0 Å². The summed E-state index contributed by atoms with van der Waals surface area (Å²) in [5.74, 6) is -0.355. The number of hydrogen-bond acceptors (Lipinski definition) is 10. The average molecular weight is 734 g/mol. The van der Waals surface area contributed by atoms with Crippen LogP contribution in [0.5, 0.6) is 23.0 Å². The van der Waals surface area contributed by atoms with Crippen molar-refractivity contribution in [3.63, 3.8) is 0 Å². The van der Waals surface area contributed by atoms with Gasteiger partial charge in [0.25, 0.3) is 0 Å². The lowest BCUT2D eigenvalue weighted by molar-refractivity contribution is -0.138. The molecule has 0 radical (unpaired) electrons. The fourth-order valence-electron chi connectivity index (χ4n) is 5.18. The summed E-state index contributed by atoms with van der Waals surface area (Å²) >= 11 is 0. The first kappa shape index (κ1) is 40.4. The van der Waals surface area contributed by atoms with E-state index < -0.39 is 23.9 Å². The lowest BCUT2D eigenvalue weighted by Crippen LogP contribution is -2.10. The molecule has 0 atom stereocenters. The highest BCUT2D eigenvalue weighted by Crippen LogP contribution is 2.36. The average Bonchev–Trinajstić information content (AvgIpc) is 3.20. The van der Waals surface area contributed by atoms with E-state index in [9.17, 15) is 19.2 Å². The molecule has 0 heterocycles. The lowest BCUT2D eigenvalue weighted by atomic mass is 10.1. The largest absolute Gasteiger partial charge is 0.494 e. The van der Waals surface area contributed by atoms with Crippen molar-refractivity contribution in [1.82, 2.24) is 0 Å². The molecule has 0 N–H and O–H groups in total. The molecule has 0 saturated carbocycles. The number of nitrogens with zero attached hydrogens (tertiary/aromatic N) is 1. The van der Waals surface area contributed by atoms with E-state index in [0.29, 0.717) is 65.5 Å². The Hall–Kier alpha value is -6.41. The van der Waals surface area contributed by atoms with E-state index in [1.165, 1.54) is 6.07 Å². The zero-order chi connectivity index (χ0) is 38.5. The Bertz CT molecular complexity index is 1940. The van der Waals surface area contributed by atoms with E-state index in [1.807, 2.05) is 0 Å². The highest BCUT2D eigenvalue weighted by Gasteiger charge is 2.17.